The van der Waals surface area contributed by atoms with Crippen LogP contribution in [0.1, 0.15) is 47.7 Å². The zero-order valence-corrected chi connectivity index (χ0v) is 25.6. The molecule has 4 rings (SSSR count). The minimum atomic E-state index is -1.26. The van der Waals surface area contributed by atoms with Crippen LogP contribution in [0.3, 0.4) is 0 Å². The van der Waals surface area contributed by atoms with Crippen LogP contribution < -0.4 is 9.47 Å². The maximum atomic E-state index is 13.7. The van der Waals surface area contributed by atoms with Crippen molar-refractivity contribution >= 4 is 17.7 Å². The molecule has 1 aliphatic heterocycles. The van der Waals surface area contributed by atoms with Gasteiger partial charge in [-0.25, -0.2) is 18.4 Å². The number of methoxy groups -OCH3 is 1. The highest BCUT2D eigenvalue weighted by Gasteiger charge is 2.43. The lowest BCUT2D eigenvalue weighted by molar-refractivity contribution is -0.134. The summed E-state index contributed by atoms with van der Waals surface area (Å²) in [6.07, 6.45) is 3.49. The molecule has 0 radical (unpaired) electrons. The first-order valence-corrected chi connectivity index (χ1v) is 14.6. The van der Waals surface area contributed by atoms with Gasteiger partial charge in [-0.15, -0.1) is 0 Å². The maximum absolute atomic E-state index is 13.7. The van der Waals surface area contributed by atoms with Crippen molar-refractivity contribution in [3.8, 4) is 17.6 Å². The summed E-state index contributed by atoms with van der Waals surface area (Å²) in [7, 11) is 1.55. The van der Waals surface area contributed by atoms with Gasteiger partial charge in [0.25, 0.3) is 0 Å². The summed E-state index contributed by atoms with van der Waals surface area (Å²) in [6.45, 7) is 4.48. The number of ether oxygens (including phenoxy) is 2. The molecule has 3 aromatic rings. The molecule has 1 aliphatic rings. The van der Waals surface area contributed by atoms with E-state index in [2.05, 4.69) is 11.0 Å². The number of carbonyl (C=O) groups excluding carboxylic acids is 1. The summed E-state index contributed by atoms with van der Waals surface area (Å²) >= 11 is 0. The number of Topliss-reactive ketones (excluding diaryl/α,β-unsaturated/α-hetero) is 1. The van der Waals surface area contributed by atoms with Crippen LogP contribution in [0.15, 0.2) is 78.9 Å². The van der Waals surface area contributed by atoms with Crippen LogP contribution in [0.25, 0.3) is 0 Å². The Morgan fingerprint density at radius 3 is 1.87 bits per heavy atom. The number of aliphatic carboxylic acids is 2. The third kappa shape index (κ3) is 9.46. The highest BCUT2D eigenvalue weighted by atomic mass is 19.1. The van der Waals surface area contributed by atoms with Crippen molar-refractivity contribution in [2.75, 3.05) is 33.4 Å². The number of nitrogens with zero attached hydrogens (tertiary/aromatic N) is 2. The van der Waals surface area contributed by atoms with Gasteiger partial charge in [0, 0.05) is 24.3 Å². The molecule has 0 amide bonds. The standard InChI is InChI=1S/C31H32F2N2O3.C4H4O4/c1-22(36)23-4-13-29(30(20-23)37-2)38-19-3-16-35-17-14-26(15-18-35)31(21-34,24-5-9-27(32)10-6-24)25-7-11-28(33)12-8-25;5-3(6)1-2-4(7)8/h4-13,20,26H,3,14-19H2,1-2H3;1-2H,(H,5,6)(H,7,8)/b;2-1-. The van der Waals surface area contributed by atoms with Crippen LogP contribution in [0.4, 0.5) is 8.78 Å². The number of piperidine rings is 1. The van der Waals surface area contributed by atoms with E-state index in [1.165, 1.54) is 31.2 Å². The smallest absolute Gasteiger partial charge is 0.328 e. The third-order valence-corrected chi connectivity index (χ3v) is 7.79. The predicted octanol–water partition coefficient (Wildman–Crippen LogP) is 5.88. The van der Waals surface area contributed by atoms with E-state index in [1.54, 1.807) is 49.6 Å². The van der Waals surface area contributed by atoms with Gasteiger partial charge in [0.2, 0.25) is 0 Å². The summed E-state index contributed by atoms with van der Waals surface area (Å²) in [5, 5.41) is 26.1. The number of benzene rings is 3. The summed E-state index contributed by atoms with van der Waals surface area (Å²) in [5.74, 6) is -2.12. The summed E-state index contributed by atoms with van der Waals surface area (Å²) in [5.41, 5.74) is 1.04. The SMILES string of the molecule is COc1cc(C(C)=O)ccc1OCCCN1CCC(C(C#N)(c2ccc(F)cc2)c2ccc(F)cc2)CC1.O=C(O)/C=C\C(=O)O. The summed E-state index contributed by atoms with van der Waals surface area (Å²) < 4.78 is 38.7. The Balaban J connectivity index is 0.000000637. The zero-order chi connectivity index (χ0) is 33.7. The highest BCUT2D eigenvalue weighted by molar-refractivity contribution is 5.94. The lowest BCUT2D eigenvalue weighted by atomic mass is 9.63. The maximum Gasteiger partial charge on any atom is 0.328 e. The molecule has 11 heteroatoms. The number of rotatable bonds is 12. The number of carboxylic acids is 2. The first kappa shape index (κ1) is 35.4. The average Bonchev–Trinajstić information content (AvgIpc) is 3.05. The summed E-state index contributed by atoms with van der Waals surface area (Å²) in [4.78, 5) is 33.1. The van der Waals surface area contributed by atoms with E-state index in [4.69, 9.17) is 19.7 Å². The molecule has 0 atom stereocenters. The lowest BCUT2D eigenvalue weighted by Crippen LogP contribution is -2.44. The molecule has 242 valence electrons. The van der Waals surface area contributed by atoms with Crippen LogP contribution in [0, 0.1) is 28.9 Å². The van der Waals surface area contributed by atoms with Crippen LogP contribution in [-0.2, 0) is 15.0 Å². The van der Waals surface area contributed by atoms with Gasteiger partial charge < -0.3 is 24.6 Å². The molecule has 0 unspecified atom stereocenters. The average molecular weight is 635 g/mol. The van der Waals surface area contributed by atoms with E-state index in [0.29, 0.717) is 35.8 Å². The Morgan fingerprint density at radius 1 is 0.913 bits per heavy atom. The van der Waals surface area contributed by atoms with E-state index in [-0.39, 0.29) is 23.3 Å². The number of nitriles is 1. The molecule has 9 nitrogen and oxygen atoms in total. The Hall–Kier alpha value is -5.08. The molecule has 0 aliphatic carbocycles. The van der Waals surface area contributed by atoms with Crippen molar-refractivity contribution in [1.29, 1.82) is 5.26 Å². The van der Waals surface area contributed by atoms with Crippen molar-refractivity contribution in [1.82, 2.24) is 4.90 Å². The van der Waals surface area contributed by atoms with Gasteiger partial charge >= 0.3 is 11.9 Å². The van der Waals surface area contributed by atoms with Crippen LogP contribution >= 0.6 is 0 Å². The van der Waals surface area contributed by atoms with Gasteiger partial charge in [0.1, 0.15) is 17.0 Å². The Morgan fingerprint density at radius 2 is 1.43 bits per heavy atom. The van der Waals surface area contributed by atoms with E-state index in [9.17, 15) is 28.4 Å². The number of carboxylic acid groups (broad SMARTS) is 2. The molecule has 46 heavy (non-hydrogen) atoms. The second-order valence-electron chi connectivity index (χ2n) is 10.7. The van der Waals surface area contributed by atoms with Crippen molar-refractivity contribution < 1.29 is 42.9 Å². The second kappa shape index (κ2) is 16.8. The Labute approximate surface area is 266 Å². The number of carbonyl (C=O) groups is 3. The molecular weight excluding hydrogens is 598 g/mol. The molecule has 0 saturated carbocycles. The molecular formula is C35H36F2N2O7. The van der Waals surface area contributed by atoms with Crippen LogP contribution in [0.5, 0.6) is 11.5 Å². The second-order valence-corrected chi connectivity index (χ2v) is 10.7. The molecule has 0 bridgehead atoms. The third-order valence-electron chi connectivity index (χ3n) is 7.79. The molecule has 0 aromatic heterocycles. The molecule has 1 heterocycles. The van der Waals surface area contributed by atoms with Gasteiger partial charge in [-0.2, -0.15) is 5.26 Å². The minimum absolute atomic E-state index is 0.0000239. The Kier molecular flexibility index (Phi) is 13.0. The van der Waals surface area contributed by atoms with E-state index >= 15 is 0 Å². The van der Waals surface area contributed by atoms with Crippen LogP contribution in [0.2, 0.25) is 0 Å². The van der Waals surface area contributed by atoms with E-state index in [0.717, 1.165) is 50.0 Å². The monoisotopic (exact) mass is 634 g/mol. The van der Waals surface area contributed by atoms with Crippen LogP contribution in [-0.4, -0.2) is 66.2 Å². The van der Waals surface area contributed by atoms with Gasteiger partial charge in [0.15, 0.2) is 17.3 Å². The predicted molar refractivity (Wildman–Crippen MR) is 166 cm³/mol. The fourth-order valence-electron chi connectivity index (χ4n) is 5.49. The first-order chi connectivity index (χ1) is 22.0. The number of likely N-dealkylation sites (tertiary alicyclic amines) is 1. The molecule has 3 aromatic carbocycles. The minimum Gasteiger partial charge on any atom is -0.493 e. The molecule has 2 N–H and O–H groups in total. The fraction of sp³-hybridized carbons (Fsp3) is 0.314. The molecule has 0 spiro atoms. The molecule has 1 saturated heterocycles. The Bertz CT molecular complexity index is 1500. The number of ketones is 1. The van der Waals surface area contributed by atoms with E-state index in [1.807, 2.05) is 0 Å². The van der Waals surface area contributed by atoms with Crippen molar-refractivity contribution in [2.24, 2.45) is 5.92 Å². The van der Waals surface area contributed by atoms with Crippen molar-refractivity contribution in [2.45, 2.75) is 31.6 Å². The quantitative estimate of drug-likeness (QED) is 0.142. The molecule has 1 fully saturated rings. The van der Waals surface area contributed by atoms with Gasteiger partial charge in [-0.05, 0) is 98.8 Å². The first-order valence-electron chi connectivity index (χ1n) is 14.6. The normalized spacial score (nSPS) is 13.7. The van der Waals surface area contributed by atoms with Crippen molar-refractivity contribution in [3.63, 3.8) is 0 Å². The van der Waals surface area contributed by atoms with Gasteiger partial charge in [-0.1, -0.05) is 24.3 Å². The van der Waals surface area contributed by atoms with Crippen molar-refractivity contribution in [3.05, 3.63) is 107 Å². The highest BCUT2D eigenvalue weighted by Crippen LogP contribution is 2.44. The number of hydrogen-bond donors (Lipinski definition) is 2. The summed E-state index contributed by atoms with van der Waals surface area (Å²) in [6, 6.07) is 19.9. The number of hydrogen-bond acceptors (Lipinski definition) is 7. The fourth-order valence-corrected chi connectivity index (χ4v) is 5.49. The van der Waals surface area contributed by atoms with E-state index < -0.39 is 17.4 Å². The zero-order valence-electron chi connectivity index (χ0n) is 25.6. The number of halogens is 2. The largest absolute Gasteiger partial charge is 0.493 e. The lowest BCUT2D eigenvalue weighted by Gasteiger charge is -2.41. The topological polar surface area (TPSA) is 137 Å². The van der Waals surface area contributed by atoms with Gasteiger partial charge in [0.05, 0.1) is 19.8 Å². The van der Waals surface area contributed by atoms with Gasteiger partial charge in [-0.3, -0.25) is 4.79 Å².